The number of ether oxygens (including phenoxy) is 1. The molecular formula is C41H58N6O6S. The largest absolute Gasteiger partial charge is 0.391 e. The summed E-state index contributed by atoms with van der Waals surface area (Å²) in [6.45, 7) is 11.8. The zero-order valence-corrected chi connectivity index (χ0v) is 33.3. The number of nitrogens with zero attached hydrogens (tertiary/aromatic N) is 2. The van der Waals surface area contributed by atoms with E-state index in [1.807, 2.05) is 95.6 Å². The van der Waals surface area contributed by atoms with E-state index < -0.39 is 23.6 Å². The van der Waals surface area contributed by atoms with E-state index in [2.05, 4.69) is 15.6 Å². The van der Waals surface area contributed by atoms with Gasteiger partial charge in [0.15, 0.2) is 0 Å². The predicted molar refractivity (Wildman–Crippen MR) is 211 cm³/mol. The monoisotopic (exact) mass is 762 g/mol. The smallest absolute Gasteiger partial charge is 0.246 e. The number of aryl methyl sites for hydroxylation is 2. The second-order valence-corrected chi connectivity index (χ2v) is 16.4. The fourth-order valence-electron chi connectivity index (χ4n) is 6.56. The highest BCUT2D eigenvalue weighted by molar-refractivity contribution is 7.13. The summed E-state index contributed by atoms with van der Waals surface area (Å²) in [4.78, 5) is 58.6. The highest BCUT2D eigenvalue weighted by Crippen LogP contribution is 2.30. The second kappa shape index (κ2) is 19.4. The number of carbonyl (C=O) groups is 4. The Kier molecular flexibility index (Phi) is 15.3. The van der Waals surface area contributed by atoms with Crippen molar-refractivity contribution >= 4 is 35.0 Å². The Morgan fingerprint density at radius 1 is 1.00 bits per heavy atom. The maximum atomic E-state index is 14.0. The van der Waals surface area contributed by atoms with Crippen LogP contribution in [0.15, 0.2) is 54.0 Å². The second-order valence-electron chi connectivity index (χ2n) is 15.6. The summed E-state index contributed by atoms with van der Waals surface area (Å²) < 4.78 is 5.88. The first kappa shape index (κ1) is 42.6. The SMILES string of the molecule is Cc1ncsc1-c1ccc([C@H](C)NC(=O)[C@@H]2C[C@H](O)CN2C(=O)[C@@H](NC(=O)CCCCc2ccc(CO[C@H](C)[C@@H](N)CCC(N)=O)cc2)C(C)(C)C)cc1. The third kappa shape index (κ3) is 12.2. The van der Waals surface area contributed by atoms with E-state index in [0.29, 0.717) is 19.4 Å². The molecule has 1 saturated heterocycles. The summed E-state index contributed by atoms with van der Waals surface area (Å²) in [5, 5.41) is 16.6. The number of hydrogen-bond acceptors (Lipinski definition) is 9. The minimum atomic E-state index is -0.874. The zero-order valence-electron chi connectivity index (χ0n) is 32.5. The van der Waals surface area contributed by atoms with Gasteiger partial charge in [-0.1, -0.05) is 69.3 Å². The third-order valence-corrected chi connectivity index (χ3v) is 11.0. The molecule has 13 heteroatoms. The first-order valence-electron chi connectivity index (χ1n) is 18.9. The maximum absolute atomic E-state index is 14.0. The topological polar surface area (TPSA) is 190 Å². The fraction of sp³-hybridized carbons (Fsp3) is 0.537. The maximum Gasteiger partial charge on any atom is 0.246 e. The summed E-state index contributed by atoms with van der Waals surface area (Å²) in [6, 6.07) is 13.7. The van der Waals surface area contributed by atoms with Crippen molar-refractivity contribution < 1.29 is 29.0 Å². The van der Waals surface area contributed by atoms with Gasteiger partial charge in [0, 0.05) is 31.8 Å². The Morgan fingerprint density at radius 2 is 1.67 bits per heavy atom. The van der Waals surface area contributed by atoms with Gasteiger partial charge >= 0.3 is 0 Å². The molecule has 294 valence electrons. The molecule has 54 heavy (non-hydrogen) atoms. The van der Waals surface area contributed by atoms with E-state index in [4.69, 9.17) is 16.2 Å². The molecule has 0 saturated carbocycles. The highest BCUT2D eigenvalue weighted by Gasteiger charge is 2.44. The first-order chi connectivity index (χ1) is 25.5. The van der Waals surface area contributed by atoms with Crippen LogP contribution in [-0.2, 0) is 36.9 Å². The summed E-state index contributed by atoms with van der Waals surface area (Å²) in [5.41, 5.74) is 17.6. The molecule has 4 amide bonds. The number of thiazole rings is 1. The standard InChI is InChI=1S/C41H58N6O6S/c1-25(30-15-17-31(18-16-30)37-26(2)44-24-54-37)45-39(51)34-21-32(48)22-47(34)40(52)38(41(4,5)6)46-36(50)10-8-7-9-28-11-13-29(14-12-28)23-53-27(3)33(42)19-20-35(43)49/h11-18,24-25,27,32-34,38,48H,7-10,19-23,42H2,1-6H3,(H2,43,49)(H,45,51)(H,46,50)/t25-,27+,32-,33-,34-,38+/m0/s1. The lowest BCUT2D eigenvalue weighted by molar-refractivity contribution is -0.144. The molecule has 0 unspecified atom stereocenters. The molecule has 0 radical (unpaired) electrons. The van der Waals surface area contributed by atoms with E-state index in [0.717, 1.165) is 45.7 Å². The molecule has 0 bridgehead atoms. The summed E-state index contributed by atoms with van der Waals surface area (Å²) in [5.74, 6) is -1.33. The van der Waals surface area contributed by atoms with E-state index in [1.165, 1.54) is 4.90 Å². The van der Waals surface area contributed by atoms with Crippen molar-refractivity contribution in [2.75, 3.05) is 6.54 Å². The highest BCUT2D eigenvalue weighted by atomic mass is 32.1. The lowest BCUT2D eigenvalue weighted by atomic mass is 9.85. The van der Waals surface area contributed by atoms with Gasteiger partial charge in [-0.3, -0.25) is 19.2 Å². The Morgan fingerprint density at radius 3 is 2.28 bits per heavy atom. The molecule has 6 atom stereocenters. The molecule has 7 N–H and O–H groups in total. The number of aliphatic hydroxyl groups is 1. The first-order valence-corrected chi connectivity index (χ1v) is 19.7. The number of aliphatic hydroxyl groups excluding tert-OH is 1. The van der Waals surface area contributed by atoms with Gasteiger partial charge in [0.2, 0.25) is 23.6 Å². The van der Waals surface area contributed by atoms with E-state index >= 15 is 0 Å². The van der Waals surface area contributed by atoms with Crippen molar-refractivity contribution in [3.05, 3.63) is 76.4 Å². The molecule has 1 aliphatic rings. The van der Waals surface area contributed by atoms with Crippen LogP contribution < -0.4 is 22.1 Å². The number of unbranched alkanes of at least 4 members (excludes halogenated alkanes) is 1. The zero-order chi connectivity index (χ0) is 39.6. The third-order valence-electron chi connectivity index (χ3n) is 10.0. The number of carbonyl (C=O) groups excluding carboxylic acids is 4. The Bertz CT molecular complexity index is 1710. The summed E-state index contributed by atoms with van der Waals surface area (Å²) in [6.07, 6.45) is 2.25. The lowest BCUT2D eigenvalue weighted by Crippen LogP contribution is -2.57. The minimum Gasteiger partial charge on any atom is -0.391 e. The van der Waals surface area contributed by atoms with Crippen LogP contribution in [-0.4, -0.2) is 75.5 Å². The number of aromatic nitrogens is 1. The minimum absolute atomic E-state index is 0.0189. The molecule has 1 fully saturated rings. The molecule has 2 aromatic carbocycles. The molecule has 0 spiro atoms. The van der Waals surface area contributed by atoms with Gasteiger partial charge in [-0.15, -0.1) is 11.3 Å². The van der Waals surface area contributed by atoms with Crippen LogP contribution in [0.2, 0.25) is 0 Å². The molecular weight excluding hydrogens is 705 g/mol. The average molecular weight is 763 g/mol. The van der Waals surface area contributed by atoms with Crippen molar-refractivity contribution in [1.29, 1.82) is 0 Å². The van der Waals surface area contributed by atoms with Crippen LogP contribution >= 0.6 is 11.3 Å². The van der Waals surface area contributed by atoms with Crippen molar-refractivity contribution in [3.8, 4) is 10.4 Å². The normalized spacial score (nSPS) is 18.1. The molecule has 1 aromatic heterocycles. The van der Waals surface area contributed by atoms with E-state index in [-0.39, 0.29) is 67.6 Å². The van der Waals surface area contributed by atoms with Crippen LogP contribution in [0.4, 0.5) is 0 Å². The Labute approximate surface area is 323 Å². The van der Waals surface area contributed by atoms with Crippen LogP contribution in [0.25, 0.3) is 10.4 Å². The molecule has 4 rings (SSSR count). The number of nitrogens with one attached hydrogen (secondary N) is 2. The summed E-state index contributed by atoms with van der Waals surface area (Å²) in [7, 11) is 0. The van der Waals surface area contributed by atoms with Gasteiger partial charge in [-0.2, -0.15) is 0 Å². The lowest BCUT2D eigenvalue weighted by Gasteiger charge is -2.35. The fourth-order valence-corrected chi connectivity index (χ4v) is 7.37. The molecule has 2 heterocycles. The van der Waals surface area contributed by atoms with Crippen LogP contribution in [0, 0.1) is 12.3 Å². The summed E-state index contributed by atoms with van der Waals surface area (Å²) >= 11 is 1.58. The number of amides is 4. The number of primary amides is 1. The van der Waals surface area contributed by atoms with Crippen LogP contribution in [0.1, 0.15) is 102 Å². The molecule has 12 nitrogen and oxygen atoms in total. The van der Waals surface area contributed by atoms with Crippen molar-refractivity contribution in [2.45, 2.75) is 129 Å². The molecule has 0 aliphatic carbocycles. The quantitative estimate of drug-likeness (QED) is 0.115. The molecule has 1 aliphatic heterocycles. The predicted octanol–water partition coefficient (Wildman–Crippen LogP) is 4.70. The number of rotatable bonds is 18. The number of likely N-dealkylation sites (tertiary alicyclic amines) is 1. The Hall–Kier alpha value is -4.17. The van der Waals surface area contributed by atoms with Gasteiger partial charge in [0.1, 0.15) is 12.1 Å². The van der Waals surface area contributed by atoms with Gasteiger partial charge in [-0.05, 0) is 74.1 Å². The number of nitrogens with two attached hydrogens (primary N) is 2. The van der Waals surface area contributed by atoms with Crippen LogP contribution in [0.3, 0.4) is 0 Å². The van der Waals surface area contributed by atoms with Gasteiger partial charge in [0.05, 0.1) is 40.9 Å². The number of benzene rings is 2. The number of hydrogen-bond donors (Lipinski definition) is 5. The van der Waals surface area contributed by atoms with E-state index in [9.17, 15) is 24.3 Å². The van der Waals surface area contributed by atoms with Crippen LogP contribution in [0.5, 0.6) is 0 Å². The van der Waals surface area contributed by atoms with Crippen molar-refractivity contribution in [1.82, 2.24) is 20.5 Å². The Balaban J connectivity index is 1.25. The van der Waals surface area contributed by atoms with Crippen molar-refractivity contribution in [2.24, 2.45) is 16.9 Å². The van der Waals surface area contributed by atoms with Gasteiger partial charge < -0.3 is 36.8 Å². The van der Waals surface area contributed by atoms with Gasteiger partial charge in [-0.25, -0.2) is 4.98 Å². The van der Waals surface area contributed by atoms with E-state index in [1.54, 1.807) is 11.3 Å². The van der Waals surface area contributed by atoms with Gasteiger partial charge in [0.25, 0.3) is 0 Å². The number of β-amino-alcohol motifs (C(OH)–C–C–N with tert-alkyl or cyclic N) is 1. The molecule has 3 aromatic rings. The average Bonchev–Trinajstić information content (AvgIpc) is 3.75. The van der Waals surface area contributed by atoms with Crippen molar-refractivity contribution in [3.63, 3.8) is 0 Å².